The van der Waals surface area contributed by atoms with Crippen molar-refractivity contribution in [2.75, 3.05) is 7.11 Å². The molecule has 0 aliphatic carbocycles. The fourth-order valence-electron chi connectivity index (χ4n) is 2.70. The fourth-order valence-corrected chi connectivity index (χ4v) is 2.70. The summed E-state index contributed by atoms with van der Waals surface area (Å²) in [6, 6.07) is 0. The summed E-state index contributed by atoms with van der Waals surface area (Å²) in [5.41, 5.74) is 0. The van der Waals surface area contributed by atoms with E-state index in [-0.39, 0.29) is 0 Å². The van der Waals surface area contributed by atoms with E-state index in [1.807, 2.05) is 0 Å². The number of hydrogen-bond acceptors (Lipinski definition) is 10. The smallest absolute Gasteiger partial charge is 0.303 e. The zero-order valence-corrected chi connectivity index (χ0v) is 15.5. The Morgan fingerprint density at radius 2 is 1.31 bits per heavy atom. The first-order valence-corrected chi connectivity index (χ1v) is 7.94. The van der Waals surface area contributed by atoms with Crippen LogP contribution >= 0.6 is 0 Å². The fraction of sp³-hybridized carbons (Fsp3) is 0.750. The molecule has 10 nitrogen and oxygen atoms in total. The van der Waals surface area contributed by atoms with Crippen LogP contribution in [-0.4, -0.2) is 67.8 Å². The number of carbonyl (C=O) groups excluding carboxylic acids is 4. The van der Waals surface area contributed by atoms with E-state index in [9.17, 15) is 19.2 Å². The molecule has 1 aliphatic heterocycles. The predicted octanol–water partition coefficient (Wildman–Crippen LogP) is 0.104. The van der Waals surface area contributed by atoms with Crippen LogP contribution in [0, 0.1) is 0 Å². The predicted molar refractivity (Wildman–Crippen MR) is 83.6 cm³/mol. The largest absolute Gasteiger partial charge is 0.459 e. The van der Waals surface area contributed by atoms with Gasteiger partial charge in [0.05, 0.1) is 0 Å². The summed E-state index contributed by atoms with van der Waals surface area (Å²) < 4.78 is 31.5. The first-order chi connectivity index (χ1) is 12.1. The molecule has 148 valence electrons. The SMILES string of the molecule is COC1OC(C(OC(C)=O)C(C)OC(C)=O)C(OC(C)=O)C1OC(C)=O. The molecule has 10 heteroatoms. The van der Waals surface area contributed by atoms with Gasteiger partial charge in [0, 0.05) is 34.8 Å². The van der Waals surface area contributed by atoms with Crippen LogP contribution in [0.2, 0.25) is 0 Å². The molecule has 0 aromatic heterocycles. The number of hydrogen-bond donors (Lipinski definition) is 0. The standard InChI is InChI=1S/C16H24O10/c1-7(22-8(2)17)12(23-9(3)18)13-14(24-10(4)19)15(25-11(5)20)16(21-6)26-13/h7,12-16H,1-6H3. The highest BCUT2D eigenvalue weighted by molar-refractivity contribution is 5.68. The minimum Gasteiger partial charge on any atom is -0.459 e. The van der Waals surface area contributed by atoms with Crippen LogP contribution in [0.4, 0.5) is 0 Å². The molecule has 1 rings (SSSR count). The number of ether oxygens (including phenoxy) is 6. The Bertz CT molecular complexity index is 545. The molecule has 0 bridgehead atoms. The van der Waals surface area contributed by atoms with E-state index in [1.165, 1.54) is 41.7 Å². The lowest BCUT2D eigenvalue weighted by molar-refractivity contribution is -0.199. The van der Waals surface area contributed by atoms with Gasteiger partial charge in [-0.05, 0) is 6.92 Å². The van der Waals surface area contributed by atoms with Crippen molar-refractivity contribution in [3.05, 3.63) is 0 Å². The average molecular weight is 376 g/mol. The van der Waals surface area contributed by atoms with Gasteiger partial charge < -0.3 is 28.4 Å². The summed E-state index contributed by atoms with van der Waals surface area (Å²) in [5, 5.41) is 0. The summed E-state index contributed by atoms with van der Waals surface area (Å²) >= 11 is 0. The van der Waals surface area contributed by atoms with Crippen LogP contribution in [-0.2, 0) is 47.6 Å². The monoisotopic (exact) mass is 376 g/mol. The molecule has 0 aromatic carbocycles. The molecule has 1 aliphatic rings. The van der Waals surface area contributed by atoms with Gasteiger partial charge in [0.15, 0.2) is 24.6 Å². The number of rotatable bonds is 7. The highest BCUT2D eigenvalue weighted by Gasteiger charge is 2.55. The molecule has 0 saturated carbocycles. The summed E-state index contributed by atoms with van der Waals surface area (Å²) in [6.07, 6.45) is -6.44. The van der Waals surface area contributed by atoms with Crippen LogP contribution in [0.25, 0.3) is 0 Å². The van der Waals surface area contributed by atoms with Gasteiger partial charge in [0.25, 0.3) is 0 Å². The van der Waals surface area contributed by atoms with E-state index in [1.54, 1.807) is 0 Å². The molecule has 1 fully saturated rings. The second-order valence-corrected chi connectivity index (χ2v) is 5.74. The molecule has 26 heavy (non-hydrogen) atoms. The minimum atomic E-state index is -1.14. The quantitative estimate of drug-likeness (QED) is 0.446. The molecule has 0 aromatic rings. The average Bonchev–Trinajstić information content (AvgIpc) is 2.80. The van der Waals surface area contributed by atoms with Crippen LogP contribution in [0.5, 0.6) is 0 Å². The summed E-state index contributed by atoms with van der Waals surface area (Å²) in [7, 11) is 1.31. The van der Waals surface area contributed by atoms with Crippen LogP contribution in [0.15, 0.2) is 0 Å². The second-order valence-electron chi connectivity index (χ2n) is 5.74. The van der Waals surface area contributed by atoms with Gasteiger partial charge in [-0.15, -0.1) is 0 Å². The maximum Gasteiger partial charge on any atom is 0.303 e. The Labute approximate surface area is 151 Å². The first-order valence-electron chi connectivity index (χ1n) is 7.94. The molecular formula is C16H24O10. The van der Waals surface area contributed by atoms with Crippen molar-refractivity contribution in [1.82, 2.24) is 0 Å². The summed E-state index contributed by atoms with van der Waals surface area (Å²) in [5.74, 6) is -2.57. The van der Waals surface area contributed by atoms with Crippen molar-refractivity contribution in [2.24, 2.45) is 0 Å². The van der Waals surface area contributed by atoms with E-state index >= 15 is 0 Å². The third kappa shape index (κ3) is 5.95. The lowest BCUT2D eigenvalue weighted by Gasteiger charge is -2.30. The molecule has 0 N–H and O–H groups in total. The van der Waals surface area contributed by atoms with Gasteiger partial charge >= 0.3 is 23.9 Å². The molecule has 6 unspecified atom stereocenters. The topological polar surface area (TPSA) is 124 Å². The van der Waals surface area contributed by atoms with Crippen molar-refractivity contribution in [3.8, 4) is 0 Å². The highest BCUT2D eigenvalue weighted by atomic mass is 16.7. The lowest BCUT2D eigenvalue weighted by atomic mass is 10.0. The molecule has 0 radical (unpaired) electrons. The Kier molecular flexibility index (Phi) is 7.97. The van der Waals surface area contributed by atoms with Gasteiger partial charge in [-0.2, -0.15) is 0 Å². The normalized spacial score (nSPS) is 27.2. The minimum absolute atomic E-state index is 0.600. The van der Waals surface area contributed by atoms with Gasteiger partial charge in [0.2, 0.25) is 0 Å². The van der Waals surface area contributed by atoms with Crippen molar-refractivity contribution in [3.63, 3.8) is 0 Å². The second kappa shape index (κ2) is 9.48. The molecule has 0 spiro atoms. The number of esters is 4. The molecule has 1 saturated heterocycles. The van der Waals surface area contributed by atoms with Gasteiger partial charge in [0.1, 0.15) is 12.2 Å². The van der Waals surface area contributed by atoms with Gasteiger partial charge in [-0.3, -0.25) is 19.2 Å². The maximum absolute atomic E-state index is 11.5. The highest BCUT2D eigenvalue weighted by Crippen LogP contribution is 2.32. The van der Waals surface area contributed by atoms with Crippen LogP contribution < -0.4 is 0 Å². The van der Waals surface area contributed by atoms with E-state index in [2.05, 4.69) is 0 Å². The Morgan fingerprint density at radius 3 is 1.73 bits per heavy atom. The molecule has 6 atom stereocenters. The van der Waals surface area contributed by atoms with Gasteiger partial charge in [-0.1, -0.05) is 0 Å². The zero-order valence-electron chi connectivity index (χ0n) is 15.5. The van der Waals surface area contributed by atoms with E-state index in [0.29, 0.717) is 0 Å². The van der Waals surface area contributed by atoms with Crippen molar-refractivity contribution < 1.29 is 47.6 Å². The molecular weight excluding hydrogens is 352 g/mol. The first kappa shape index (κ1) is 21.8. The van der Waals surface area contributed by atoms with Crippen molar-refractivity contribution in [2.45, 2.75) is 71.4 Å². The zero-order chi connectivity index (χ0) is 20.0. The third-order valence-electron chi connectivity index (χ3n) is 3.48. The van der Waals surface area contributed by atoms with Crippen LogP contribution in [0.1, 0.15) is 34.6 Å². The van der Waals surface area contributed by atoms with E-state index < -0.39 is 60.7 Å². The molecule has 0 amide bonds. The van der Waals surface area contributed by atoms with Gasteiger partial charge in [-0.25, -0.2) is 0 Å². The van der Waals surface area contributed by atoms with E-state index in [0.717, 1.165) is 0 Å². The lowest BCUT2D eigenvalue weighted by Crippen LogP contribution is -2.49. The van der Waals surface area contributed by atoms with Crippen LogP contribution in [0.3, 0.4) is 0 Å². The summed E-state index contributed by atoms with van der Waals surface area (Å²) in [4.78, 5) is 45.7. The number of methoxy groups -OCH3 is 1. The number of carbonyl (C=O) groups is 4. The van der Waals surface area contributed by atoms with Crippen molar-refractivity contribution >= 4 is 23.9 Å². The molecule has 1 heterocycles. The van der Waals surface area contributed by atoms with E-state index in [4.69, 9.17) is 28.4 Å². The Hall–Kier alpha value is -2.20. The maximum atomic E-state index is 11.5. The Morgan fingerprint density at radius 1 is 0.808 bits per heavy atom. The summed E-state index contributed by atoms with van der Waals surface area (Å²) in [6.45, 7) is 6.19. The van der Waals surface area contributed by atoms with Crippen molar-refractivity contribution in [1.29, 1.82) is 0 Å². The Balaban J connectivity index is 3.21. The third-order valence-corrected chi connectivity index (χ3v) is 3.48.